The van der Waals surface area contributed by atoms with E-state index in [0.29, 0.717) is 17.0 Å². The van der Waals surface area contributed by atoms with Crippen LogP contribution < -0.4 is 5.56 Å². The Hall–Kier alpha value is -1.62. The normalized spacial score (nSPS) is 25.8. The first-order valence-corrected chi connectivity index (χ1v) is 9.56. The van der Waals surface area contributed by atoms with Crippen molar-refractivity contribution < 1.29 is 4.79 Å². The highest BCUT2D eigenvalue weighted by molar-refractivity contribution is 5.93. The van der Waals surface area contributed by atoms with Gasteiger partial charge in [0.05, 0.1) is 5.56 Å². The van der Waals surface area contributed by atoms with Crippen LogP contribution in [0.4, 0.5) is 0 Å². The minimum absolute atomic E-state index is 0.0207. The molecule has 1 saturated heterocycles. The number of hydrogen-bond donors (Lipinski definition) is 1. The van der Waals surface area contributed by atoms with E-state index >= 15 is 0 Å². The fourth-order valence-electron chi connectivity index (χ4n) is 4.32. The summed E-state index contributed by atoms with van der Waals surface area (Å²) in [6.07, 6.45) is 6.74. The van der Waals surface area contributed by atoms with Crippen molar-refractivity contribution in [3.8, 4) is 0 Å². The van der Waals surface area contributed by atoms with E-state index in [1.165, 1.54) is 37.9 Å². The van der Waals surface area contributed by atoms with Crippen LogP contribution in [0.3, 0.4) is 0 Å². The topological polar surface area (TPSA) is 56.4 Å². The molecule has 5 heteroatoms. The molecule has 0 bridgehead atoms. The molecule has 1 saturated carbocycles. The molecule has 1 N–H and O–H groups in total. The van der Waals surface area contributed by atoms with Gasteiger partial charge in [0.2, 0.25) is 5.56 Å². The Bertz CT molecular complexity index is 625. The summed E-state index contributed by atoms with van der Waals surface area (Å²) >= 11 is 0. The second-order valence-corrected chi connectivity index (χ2v) is 8.64. The van der Waals surface area contributed by atoms with Gasteiger partial charge in [-0.1, -0.05) is 20.8 Å². The lowest BCUT2D eigenvalue weighted by molar-refractivity contribution is 0.0430. The van der Waals surface area contributed by atoms with Gasteiger partial charge in [0, 0.05) is 44.5 Å². The lowest BCUT2D eigenvalue weighted by Gasteiger charge is -2.44. The van der Waals surface area contributed by atoms with Crippen molar-refractivity contribution in [2.45, 2.75) is 52.5 Å². The Morgan fingerprint density at radius 2 is 1.68 bits per heavy atom. The van der Waals surface area contributed by atoms with Gasteiger partial charge in [0.25, 0.3) is 5.91 Å². The molecule has 0 atom stereocenters. The van der Waals surface area contributed by atoms with Crippen LogP contribution in [0, 0.1) is 11.3 Å². The number of nitrogens with zero attached hydrogens (tertiary/aromatic N) is 2. The van der Waals surface area contributed by atoms with Crippen LogP contribution >= 0.6 is 0 Å². The first-order valence-electron chi connectivity index (χ1n) is 9.56. The molecule has 2 aliphatic rings. The summed E-state index contributed by atoms with van der Waals surface area (Å²) < 4.78 is 0. The van der Waals surface area contributed by atoms with Crippen molar-refractivity contribution in [1.82, 2.24) is 14.8 Å². The van der Waals surface area contributed by atoms with Crippen LogP contribution in [0.25, 0.3) is 0 Å². The van der Waals surface area contributed by atoms with Gasteiger partial charge in [0.1, 0.15) is 0 Å². The van der Waals surface area contributed by atoms with Crippen molar-refractivity contribution in [2.24, 2.45) is 11.3 Å². The summed E-state index contributed by atoms with van der Waals surface area (Å²) in [5, 5.41) is 0. The first kappa shape index (κ1) is 18.2. The number of carbonyl (C=O) groups is 1. The van der Waals surface area contributed by atoms with E-state index in [9.17, 15) is 9.59 Å². The van der Waals surface area contributed by atoms with Crippen molar-refractivity contribution in [1.29, 1.82) is 0 Å². The van der Waals surface area contributed by atoms with Crippen molar-refractivity contribution in [3.63, 3.8) is 0 Å². The van der Waals surface area contributed by atoms with Gasteiger partial charge >= 0.3 is 0 Å². The molecule has 1 aromatic rings. The molecule has 2 fully saturated rings. The van der Waals surface area contributed by atoms with E-state index in [4.69, 9.17) is 0 Å². The molecule has 0 radical (unpaired) electrons. The van der Waals surface area contributed by atoms with E-state index in [-0.39, 0.29) is 11.5 Å². The molecule has 5 nitrogen and oxygen atoms in total. The lowest BCUT2D eigenvalue weighted by atomic mass is 9.71. The van der Waals surface area contributed by atoms with Crippen molar-refractivity contribution >= 4 is 5.91 Å². The minimum atomic E-state index is -0.174. The SMILES string of the molecule is CC(C)(C)C1CCC(N2CCN(C(=O)c3ccc(=O)[nH]c3)CC2)CC1. The summed E-state index contributed by atoms with van der Waals surface area (Å²) in [6, 6.07) is 3.71. The molecule has 3 rings (SSSR count). The summed E-state index contributed by atoms with van der Waals surface area (Å²) in [5.74, 6) is 0.860. The van der Waals surface area contributed by atoms with Crippen molar-refractivity contribution in [2.75, 3.05) is 26.2 Å². The molecule has 2 heterocycles. The van der Waals surface area contributed by atoms with E-state index in [0.717, 1.165) is 32.1 Å². The van der Waals surface area contributed by atoms with Gasteiger partial charge in [0.15, 0.2) is 0 Å². The number of nitrogens with one attached hydrogen (secondary N) is 1. The number of H-pyrrole nitrogens is 1. The summed E-state index contributed by atoms with van der Waals surface area (Å²) in [6.45, 7) is 10.5. The average Bonchev–Trinajstić information content (AvgIpc) is 2.61. The zero-order valence-corrected chi connectivity index (χ0v) is 15.8. The molecule has 0 spiro atoms. The highest BCUT2D eigenvalue weighted by atomic mass is 16.2. The number of aromatic nitrogens is 1. The third-order valence-corrected chi connectivity index (χ3v) is 6.07. The Morgan fingerprint density at radius 3 is 2.20 bits per heavy atom. The molecule has 0 unspecified atom stereocenters. The third kappa shape index (κ3) is 4.32. The van der Waals surface area contributed by atoms with Gasteiger partial charge in [-0.25, -0.2) is 0 Å². The predicted molar refractivity (Wildman–Crippen MR) is 99.7 cm³/mol. The lowest BCUT2D eigenvalue weighted by Crippen LogP contribution is -2.52. The van der Waals surface area contributed by atoms with Gasteiger partial charge in [-0.05, 0) is 43.1 Å². The monoisotopic (exact) mass is 345 g/mol. The molecule has 1 aliphatic heterocycles. The Balaban J connectivity index is 1.50. The fourth-order valence-corrected chi connectivity index (χ4v) is 4.32. The van der Waals surface area contributed by atoms with E-state index in [1.54, 1.807) is 6.07 Å². The molecule has 1 aromatic heterocycles. The van der Waals surface area contributed by atoms with Crippen LogP contribution in [-0.2, 0) is 0 Å². The van der Waals surface area contributed by atoms with E-state index < -0.39 is 0 Å². The maximum absolute atomic E-state index is 12.5. The number of aromatic amines is 1. The molecule has 25 heavy (non-hydrogen) atoms. The summed E-state index contributed by atoms with van der Waals surface area (Å²) in [5.41, 5.74) is 0.818. The zero-order valence-electron chi connectivity index (χ0n) is 15.8. The second-order valence-electron chi connectivity index (χ2n) is 8.64. The molecular weight excluding hydrogens is 314 g/mol. The maximum Gasteiger partial charge on any atom is 0.255 e. The average molecular weight is 345 g/mol. The standard InChI is InChI=1S/C20H31N3O2/c1-20(2,3)16-5-7-17(8-6-16)22-10-12-23(13-11-22)19(25)15-4-9-18(24)21-14-15/h4,9,14,16-17H,5-8,10-13H2,1-3H3,(H,21,24). The third-order valence-electron chi connectivity index (χ3n) is 6.07. The number of amides is 1. The molecule has 1 amide bonds. The Kier molecular flexibility index (Phi) is 5.32. The Morgan fingerprint density at radius 1 is 1.04 bits per heavy atom. The second kappa shape index (κ2) is 7.32. The smallest absolute Gasteiger partial charge is 0.255 e. The largest absolute Gasteiger partial charge is 0.336 e. The first-order chi connectivity index (χ1) is 11.8. The van der Waals surface area contributed by atoms with E-state index in [1.807, 2.05) is 4.90 Å². The molecule has 138 valence electrons. The predicted octanol–water partition coefficient (Wildman–Crippen LogP) is 2.74. The zero-order chi connectivity index (χ0) is 18.0. The van der Waals surface area contributed by atoms with Crippen molar-refractivity contribution in [3.05, 3.63) is 34.2 Å². The van der Waals surface area contributed by atoms with Crippen LogP contribution in [0.2, 0.25) is 0 Å². The van der Waals surface area contributed by atoms with Gasteiger partial charge in [-0.3, -0.25) is 14.5 Å². The van der Waals surface area contributed by atoms with Gasteiger partial charge in [-0.15, -0.1) is 0 Å². The molecule has 1 aliphatic carbocycles. The summed E-state index contributed by atoms with van der Waals surface area (Å²) in [7, 11) is 0. The van der Waals surface area contributed by atoms with Crippen LogP contribution in [0.5, 0.6) is 0 Å². The number of carbonyl (C=O) groups excluding carboxylic acids is 1. The van der Waals surface area contributed by atoms with Crippen LogP contribution in [0.15, 0.2) is 23.1 Å². The fraction of sp³-hybridized carbons (Fsp3) is 0.700. The number of pyridine rings is 1. The highest BCUT2D eigenvalue weighted by Crippen LogP contribution is 2.39. The number of rotatable bonds is 2. The number of hydrogen-bond acceptors (Lipinski definition) is 3. The number of piperazine rings is 1. The van der Waals surface area contributed by atoms with Gasteiger partial charge in [-0.2, -0.15) is 0 Å². The maximum atomic E-state index is 12.5. The van der Waals surface area contributed by atoms with E-state index in [2.05, 4.69) is 30.7 Å². The molecular formula is C20H31N3O2. The highest BCUT2D eigenvalue weighted by Gasteiger charge is 2.33. The quantitative estimate of drug-likeness (QED) is 0.897. The summed E-state index contributed by atoms with van der Waals surface area (Å²) in [4.78, 5) is 30.7. The van der Waals surface area contributed by atoms with Crippen LogP contribution in [0.1, 0.15) is 56.8 Å². The van der Waals surface area contributed by atoms with Crippen LogP contribution in [-0.4, -0.2) is 52.9 Å². The Labute approximate surface area is 150 Å². The molecule has 0 aromatic carbocycles. The minimum Gasteiger partial charge on any atom is -0.336 e. The van der Waals surface area contributed by atoms with Gasteiger partial charge < -0.3 is 9.88 Å².